The van der Waals surface area contributed by atoms with E-state index in [-0.39, 0.29) is 11.5 Å². The minimum atomic E-state index is -3.75. The lowest BCUT2D eigenvalue weighted by Crippen LogP contribution is -2.41. The molecule has 1 unspecified atom stereocenters. The van der Waals surface area contributed by atoms with E-state index in [0.717, 1.165) is 16.1 Å². The largest absolute Gasteiger partial charge is 0.493 e. The topological polar surface area (TPSA) is 102 Å². The van der Waals surface area contributed by atoms with Gasteiger partial charge in [0.15, 0.2) is 17.3 Å². The number of anilines is 1. The molecule has 0 bridgehead atoms. The van der Waals surface area contributed by atoms with Gasteiger partial charge in [-0.2, -0.15) is 0 Å². The second kappa shape index (κ2) is 9.62. The molecule has 0 aromatic heterocycles. The number of amides is 1. The van der Waals surface area contributed by atoms with Crippen LogP contribution in [0.5, 0.6) is 11.5 Å². The van der Waals surface area contributed by atoms with Gasteiger partial charge in [-0.05, 0) is 43.7 Å². The summed E-state index contributed by atoms with van der Waals surface area (Å²) in [6.07, 6.45) is 1.01. The van der Waals surface area contributed by atoms with Gasteiger partial charge in [0.25, 0.3) is 0 Å². The first-order valence-corrected chi connectivity index (χ1v) is 11.0. The van der Waals surface area contributed by atoms with Crippen LogP contribution in [-0.2, 0) is 14.8 Å². The molecule has 0 saturated heterocycles. The molecule has 0 saturated carbocycles. The summed E-state index contributed by atoms with van der Waals surface area (Å²) in [5.41, 5.74) is 1.38. The van der Waals surface area contributed by atoms with Crippen molar-refractivity contribution < 1.29 is 27.5 Å². The van der Waals surface area contributed by atoms with Gasteiger partial charge < -0.3 is 14.8 Å². The van der Waals surface area contributed by atoms with Crippen molar-refractivity contribution >= 4 is 27.4 Å². The monoisotopic (exact) mass is 434 g/mol. The molecule has 9 heteroatoms. The van der Waals surface area contributed by atoms with Crippen LogP contribution < -0.4 is 19.1 Å². The SMILES string of the molecule is COc1ccc(C(C)NC(=O)CN(c2cccc(C(C)=O)c2)S(C)(=O)=O)cc1OC. The summed E-state index contributed by atoms with van der Waals surface area (Å²) < 4.78 is 36.0. The third-order valence-electron chi connectivity index (χ3n) is 4.51. The van der Waals surface area contributed by atoms with Crippen molar-refractivity contribution in [1.29, 1.82) is 0 Å². The number of nitrogens with zero attached hydrogens (tertiary/aromatic N) is 1. The Balaban J connectivity index is 2.21. The number of methoxy groups -OCH3 is 2. The highest BCUT2D eigenvalue weighted by atomic mass is 32.2. The molecule has 0 spiro atoms. The minimum Gasteiger partial charge on any atom is -0.493 e. The summed E-state index contributed by atoms with van der Waals surface area (Å²) in [5, 5.41) is 2.79. The first-order valence-electron chi connectivity index (χ1n) is 9.16. The second-order valence-corrected chi connectivity index (χ2v) is 8.69. The predicted molar refractivity (Wildman–Crippen MR) is 115 cm³/mol. The molecule has 162 valence electrons. The van der Waals surface area contributed by atoms with Crippen LogP contribution in [0, 0.1) is 0 Å². The summed E-state index contributed by atoms with van der Waals surface area (Å²) in [6.45, 7) is 2.75. The van der Waals surface area contributed by atoms with E-state index >= 15 is 0 Å². The summed E-state index contributed by atoms with van der Waals surface area (Å²) >= 11 is 0. The average Bonchev–Trinajstić information content (AvgIpc) is 2.70. The van der Waals surface area contributed by atoms with Gasteiger partial charge in [0, 0.05) is 5.56 Å². The molecule has 0 heterocycles. The molecule has 0 aliphatic rings. The van der Waals surface area contributed by atoms with E-state index in [4.69, 9.17) is 9.47 Å². The van der Waals surface area contributed by atoms with Gasteiger partial charge in [0.1, 0.15) is 6.54 Å². The molecule has 2 rings (SSSR count). The van der Waals surface area contributed by atoms with Crippen molar-refractivity contribution in [2.24, 2.45) is 0 Å². The smallest absolute Gasteiger partial charge is 0.241 e. The number of benzene rings is 2. The Hall–Kier alpha value is -3.07. The molecular weight excluding hydrogens is 408 g/mol. The van der Waals surface area contributed by atoms with Crippen LogP contribution in [0.3, 0.4) is 0 Å². The molecule has 30 heavy (non-hydrogen) atoms. The number of carbonyl (C=O) groups excluding carboxylic acids is 2. The van der Waals surface area contributed by atoms with Crippen LogP contribution in [0.25, 0.3) is 0 Å². The lowest BCUT2D eigenvalue weighted by Gasteiger charge is -2.24. The number of Topliss-reactive ketones (excluding diaryl/α,β-unsaturated/α-hetero) is 1. The molecule has 2 aromatic carbocycles. The van der Waals surface area contributed by atoms with E-state index in [1.807, 2.05) is 0 Å². The fourth-order valence-corrected chi connectivity index (χ4v) is 3.75. The van der Waals surface area contributed by atoms with E-state index in [2.05, 4.69) is 5.32 Å². The van der Waals surface area contributed by atoms with Crippen molar-refractivity contribution in [3.63, 3.8) is 0 Å². The maximum absolute atomic E-state index is 12.6. The van der Waals surface area contributed by atoms with Gasteiger partial charge in [-0.25, -0.2) is 8.42 Å². The zero-order valence-corrected chi connectivity index (χ0v) is 18.4. The quantitative estimate of drug-likeness (QED) is 0.609. The van der Waals surface area contributed by atoms with Crippen molar-refractivity contribution in [3.8, 4) is 11.5 Å². The molecule has 1 N–H and O–H groups in total. The number of carbonyl (C=O) groups is 2. The van der Waals surface area contributed by atoms with Gasteiger partial charge in [-0.15, -0.1) is 0 Å². The first kappa shape index (κ1) is 23.2. The lowest BCUT2D eigenvalue weighted by atomic mass is 10.1. The van der Waals surface area contributed by atoms with E-state index < -0.39 is 28.5 Å². The van der Waals surface area contributed by atoms with Crippen molar-refractivity contribution in [2.75, 3.05) is 31.3 Å². The number of ether oxygens (including phenoxy) is 2. The maximum atomic E-state index is 12.6. The van der Waals surface area contributed by atoms with Crippen LogP contribution in [0.2, 0.25) is 0 Å². The molecule has 1 amide bonds. The Labute approximate surface area is 176 Å². The fraction of sp³-hybridized carbons (Fsp3) is 0.333. The number of nitrogens with one attached hydrogen (secondary N) is 1. The van der Waals surface area contributed by atoms with Crippen molar-refractivity contribution in [1.82, 2.24) is 5.32 Å². The van der Waals surface area contributed by atoms with Crippen molar-refractivity contribution in [3.05, 3.63) is 53.6 Å². The van der Waals surface area contributed by atoms with Crippen LogP contribution in [-0.4, -0.2) is 47.1 Å². The van der Waals surface area contributed by atoms with Gasteiger partial charge >= 0.3 is 0 Å². The van der Waals surface area contributed by atoms with E-state index in [9.17, 15) is 18.0 Å². The average molecular weight is 435 g/mol. The highest BCUT2D eigenvalue weighted by Gasteiger charge is 2.23. The lowest BCUT2D eigenvalue weighted by molar-refractivity contribution is -0.120. The molecule has 8 nitrogen and oxygen atoms in total. The van der Waals surface area contributed by atoms with E-state index in [0.29, 0.717) is 17.1 Å². The van der Waals surface area contributed by atoms with Gasteiger partial charge in [-0.3, -0.25) is 13.9 Å². The highest BCUT2D eigenvalue weighted by Crippen LogP contribution is 2.30. The molecule has 0 aliphatic heterocycles. The predicted octanol–water partition coefficient (Wildman–Crippen LogP) is 2.55. The molecular formula is C21H26N2O6S. The molecule has 1 atom stereocenters. The zero-order chi connectivity index (χ0) is 22.5. The number of rotatable bonds is 9. The number of hydrogen-bond donors (Lipinski definition) is 1. The Morgan fingerprint density at radius 3 is 2.30 bits per heavy atom. The fourth-order valence-electron chi connectivity index (χ4n) is 2.90. The number of sulfonamides is 1. The maximum Gasteiger partial charge on any atom is 0.241 e. The Morgan fingerprint density at radius 1 is 1.07 bits per heavy atom. The Bertz CT molecular complexity index is 1040. The molecule has 2 aromatic rings. The van der Waals surface area contributed by atoms with E-state index in [1.165, 1.54) is 27.2 Å². The first-order chi connectivity index (χ1) is 14.1. The number of ketones is 1. The third kappa shape index (κ3) is 5.73. The van der Waals surface area contributed by atoms with Crippen LogP contribution in [0.1, 0.15) is 35.8 Å². The summed E-state index contributed by atoms with van der Waals surface area (Å²) in [5.74, 6) is 0.399. The number of hydrogen-bond acceptors (Lipinski definition) is 6. The third-order valence-corrected chi connectivity index (χ3v) is 5.65. The minimum absolute atomic E-state index is 0.197. The van der Waals surface area contributed by atoms with Crippen LogP contribution in [0.15, 0.2) is 42.5 Å². The van der Waals surface area contributed by atoms with Gasteiger partial charge in [-0.1, -0.05) is 18.2 Å². The van der Waals surface area contributed by atoms with Gasteiger partial charge in [0.05, 0.1) is 32.2 Å². The normalized spacial score (nSPS) is 12.0. The summed E-state index contributed by atoms with van der Waals surface area (Å²) in [7, 11) is -0.702. The zero-order valence-electron chi connectivity index (χ0n) is 17.6. The second-order valence-electron chi connectivity index (χ2n) is 6.78. The highest BCUT2D eigenvalue weighted by molar-refractivity contribution is 7.92. The van der Waals surface area contributed by atoms with Crippen LogP contribution >= 0.6 is 0 Å². The summed E-state index contributed by atoms with van der Waals surface area (Å²) in [4.78, 5) is 24.2. The van der Waals surface area contributed by atoms with Crippen molar-refractivity contribution in [2.45, 2.75) is 19.9 Å². The van der Waals surface area contributed by atoms with Crippen LogP contribution in [0.4, 0.5) is 5.69 Å². The van der Waals surface area contributed by atoms with E-state index in [1.54, 1.807) is 43.3 Å². The molecule has 0 radical (unpaired) electrons. The Kier molecular flexibility index (Phi) is 7.44. The summed E-state index contributed by atoms with van der Waals surface area (Å²) in [6, 6.07) is 11.0. The Morgan fingerprint density at radius 2 is 1.73 bits per heavy atom. The van der Waals surface area contributed by atoms with Gasteiger partial charge in [0.2, 0.25) is 15.9 Å². The standard InChI is InChI=1S/C21H26N2O6S/c1-14(16-9-10-19(28-3)20(12-16)29-4)22-21(25)13-23(30(5,26)27)18-8-6-7-17(11-18)15(2)24/h6-12,14H,13H2,1-5H3,(H,22,25). The molecule has 0 aliphatic carbocycles. The molecule has 0 fully saturated rings.